The van der Waals surface area contributed by atoms with Gasteiger partial charge in [0.05, 0.1) is 13.2 Å². The molecule has 0 amide bonds. The van der Waals surface area contributed by atoms with E-state index in [1.54, 1.807) is 0 Å². The minimum absolute atomic E-state index is 0.0458. The summed E-state index contributed by atoms with van der Waals surface area (Å²) in [6, 6.07) is 0. The Morgan fingerprint density at radius 3 is 1.54 bits per heavy atom. The number of nitrogens with two attached hydrogens (primary N) is 1. The molecule has 0 aromatic rings. The number of phosphoric ester groups is 1. The molecule has 0 aromatic carbocycles. The molecule has 9 nitrogen and oxygen atoms in total. The maximum atomic E-state index is 12.5. The largest absolute Gasteiger partial charge is 0.472 e. The van der Waals surface area contributed by atoms with Gasteiger partial charge in [0, 0.05) is 19.4 Å². The van der Waals surface area contributed by atoms with Gasteiger partial charge in [-0.25, -0.2) is 4.57 Å². The SMILES string of the molecule is CCCCC/C=C\C/C=C\C/C=C\C/C=C\CCCC(=O)OC[C@H](COP(=O)(O)OCCN)OC(=O)CCCCCCCCCCCCCCCC. The summed E-state index contributed by atoms with van der Waals surface area (Å²) in [4.78, 5) is 34.8. The molecule has 0 bridgehead atoms. The van der Waals surface area contributed by atoms with Crippen molar-refractivity contribution in [2.75, 3.05) is 26.4 Å². The van der Waals surface area contributed by atoms with E-state index in [-0.39, 0.29) is 32.6 Å². The molecule has 0 aromatic heterocycles. The number of hydrogen-bond donors (Lipinski definition) is 2. The van der Waals surface area contributed by atoms with Crippen molar-refractivity contribution in [3.8, 4) is 0 Å². The van der Waals surface area contributed by atoms with Crippen LogP contribution in [-0.2, 0) is 32.7 Å². The molecule has 0 aliphatic carbocycles. The van der Waals surface area contributed by atoms with Crippen LogP contribution in [0.2, 0.25) is 0 Å². The third kappa shape index (κ3) is 37.7. The van der Waals surface area contributed by atoms with Gasteiger partial charge in [-0.2, -0.15) is 0 Å². The fourth-order valence-electron chi connectivity index (χ4n) is 5.39. The lowest BCUT2D eigenvalue weighted by Crippen LogP contribution is -2.29. The Morgan fingerprint density at radius 2 is 1.02 bits per heavy atom. The molecule has 0 radical (unpaired) electrons. The van der Waals surface area contributed by atoms with Crippen molar-refractivity contribution in [1.82, 2.24) is 0 Å². The maximum absolute atomic E-state index is 12.5. The third-order valence-corrected chi connectivity index (χ3v) is 9.45. The molecule has 0 aliphatic heterocycles. The van der Waals surface area contributed by atoms with E-state index in [2.05, 4.69) is 56.4 Å². The highest BCUT2D eigenvalue weighted by atomic mass is 31.2. The first-order valence-electron chi connectivity index (χ1n) is 20.6. The van der Waals surface area contributed by atoms with Gasteiger partial charge >= 0.3 is 19.8 Å². The van der Waals surface area contributed by atoms with Gasteiger partial charge in [0.2, 0.25) is 0 Å². The number of unbranched alkanes of at least 4 members (excludes halogenated alkanes) is 17. The van der Waals surface area contributed by atoms with Crippen molar-refractivity contribution < 1.29 is 37.6 Å². The van der Waals surface area contributed by atoms with E-state index >= 15 is 0 Å². The van der Waals surface area contributed by atoms with Crippen molar-refractivity contribution in [3.05, 3.63) is 48.6 Å². The fraction of sp³-hybridized carbons (Fsp3) is 0.762. The van der Waals surface area contributed by atoms with Gasteiger partial charge in [-0.3, -0.25) is 18.6 Å². The molecular weight excluding hydrogens is 677 g/mol. The zero-order chi connectivity index (χ0) is 38.2. The highest BCUT2D eigenvalue weighted by Gasteiger charge is 2.25. The summed E-state index contributed by atoms with van der Waals surface area (Å²) in [6.45, 7) is 3.64. The summed E-state index contributed by atoms with van der Waals surface area (Å²) in [6.07, 6.45) is 42.9. The number of esters is 2. The monoisotopic (exact) mass is 754 g/mol. The van der Waals surface area contributed by atoms with Crippen molar-refractivity contribution in [2.24, 2.45) is 5.73 Å². The van der Waals surface area contributed by atoms with Crippen molar-refractivity contribution in [1.29, 1.82) is 0 Å². The van der Waals surface area contributed by atoms with Gasteiger partial charge in [0.25, 0.3) is 0 Å². The quantitative estimate of drug-likeness (QED) is 0.0273. The number of carbonyl (C=O) groups is 2. The lowest BCUT2D eigenvalue weighted by atomic mass is 10.0. The fourth-order valence-corrected chi connectivity index (χ4v) is 6.16. The van der Waals surface area contributed by atoms with E-state index in [9.17, 15) is 19.0 Å². The van der Waals surface area contributed by atoms with Crippen molar-refractivity contribution in [2.45, 2.75) is 180 Å². The summed E-state index contributed by atoms with van der Waals surface area (Å²) in [5.74, 6) is -0.893. The van der Waals surface area contributed by atoms with E-state index in [0.717, 1.165) is 44.9 Å². The summed E-state index contributed by atoms with van der Waals surface area (Å²) in [5, 5.41) is 0. The van der Waals surface area contributed by atoms with Crippen LogP contribution in [0.15, 0.2) is 48.6 Å². The molecule has 0 aliphatic rings. The molecule has 0 spiro atoms. The van der Waals surface area contributed by atoms with Crippen LogP contribution in [0.3, 0.4) is 0 Å². The Hall–Kier alpha value is -2.03. The van der Waals surface area contributed by atoms with Crippen LogP contribution in [0.1, 0.15) is 174 Å². The highest BCUT2D eigenvalue weighted by molar-refractivity contribution is 7.47. The number of ether oxygens (including phenoxy) is 2. The van der Waals surface area contributed by atoms with Crippen LogP contribution in [0.5, 0.6) is 0 Å². The van der Waals surface area contributed by atoms with E-state index in [1.165, 1.54) is 89.9 Å². The Labute approximate surface area is 317 Å². The summed E-state index contributed by atoms with van der Waals surface area (Å²) in [7, 11) is -4.38. The van der Waals surface area contributed by atoms with Gasteiger partial charge in [-0.15, -0.1) is 0 Å². The van der Waals surface area contributed by atoms with Crippen LogP contribution in [0.4, 0.5) is 0 Å². The van der Waals surface area contributed by atoms with Crippen LogP contribution in [0, 0.1) is 0 Å². The molecule has 3 N–H and O–H groups in total. The predicted molar refractivity (Wildman–Crippen MR) is 215 cm³/mol. The molecule has 302 valence electrons. The number of phosphoric acid groups is 1. The van der Waals surface area contributed by atoms with Gasteiger partial charge < -0.3 is 20.1 Å². The zero-order valence-electron chi connectivity index (χ0n) is 33.0. The molecule has 52 heavy (non-hydrogen) atoms. The first-order chi connectivity index (χ1) is 25.3. The number of hydrogen-bond acceptors (Lipinski definition) is 8. The second-order valence-corrected chi connectivity index (χ2v) is 15.0. The Morgan fingerprint density at radius 1 is 0.577 bits per heavy atom. The Bertz CT molecular complexity index is 996. The maximum Gasteiger partial charge on any atom is 0.472 e. The normalized spacial score (nSPS) is 13.8. The molecule has 0 saturated heterocycles. The van der Waals surface area contributed by atoms with E-state index in [1.807, 2.05) is 6.08 Å². The third-order valence-electron chi connectivity index (χ3n) is 8.47. The highest BCUT2D eigenvalue weighted by Crippen LogP contribution is 2.43. The van der Waals surface area contributed by atoms with E-state index in [4.69, 9.17) is 24.3 Å². The lowest BCUT2D eigenvalue weighted by Gasteiger charge is -2.19. The van der Waals surface area contributed by atoms with E-state index < -0.39 is 32.5 Å². The minimum Gasteiger partial charge on any atom is -0.462 e. The van der Waals surface area contributed by atoms with E-state index in [0.29, 0.717) is 12.8 Å². The standard InChI is InChI=1S/C42H76NO8P/c1-3-5-7-9-11-13-15-17-19-20-21-23-24-26-28-30-32-34-41(44)48-38-40(39-50-52(46,47)49-37-36-43)51-42(45)35-33-31-29-27-25-22-18-16-14-12-10-8-6-4-2/h11,13,17,19,21,23,26,28,40H,3-10,12,14-16,18,20,22,24-25,27,29-39,43H2,1-2H3,(H,46,47)/b13-11-,19-17-,23-21-,28-26-/t40-/m1/s1. The number of carbonyl (C=O) groups excluding carboxylic acids is 2. The molecule has 10 heteroatoms. The molecule has 0 heterocycles. The van der Waals surface area contributed by atoms with Crippen LogP contribution >= 0.6 is 7.82 Å². The average molecular weight is 754 g/mol. The predicted octanol–water partition coefficient (Wildman–Crippen LogP) is 11.6. The lowest BCUT2D eigenvalue weighted by molar-refractivity contribution is -0.161. The molecular formula is C42H76NO8P. The van der Waals surface area contributed by atoms with Crippen molar-refractivity contribution >= 4 is 19.8 Å². The molecule has 1 unspecified atom stereocenters. The Kier molecular flexibility index (Phi) is 37.2. The first-order valence-corrected chi connectivity index (χ1v) is 22.1. The first kappa shape index (κ1) is 50.0. The Balaban J connectivity index is 4.28. The smallest absolute Gasteiger partial charge is 0.462 e. The molecule has 0 fully saturated rings. The summed E-state index contributed by atoms with van der Waals surface area (Å²) in [5.41, 5.74) is 5.34. The molecule has 0 rings (SSSR count). The topological polar surface area (TPSA) is 134 Å². The average Bonchev–Trinajstić information content (AvgIpc) is 3.13. The summed E-state index contributed by atoms with van der Waals surface area (Å²) >= 11 is 0. The van der Waals surface area contributed by atoms with Gasteiger partial charge in [-0.1, -0.05) is 159 Å². The molecule has 2 atom stereocenters. The second kappa shape index (κ2) is 38.7. The van der Waals surface area contributed by atoms with Crippen molar-refractivity contribution in [3.63, 3.8) is 0 Å². The van der Waals surface area contributed by atoms with Gasteiger partial charge in [-0.05, 0) is 51.4 Å². The van der Waals surface area contributed by atoms with Gasteiger partial charge in [0.15, 0.2) is 6.10 Å². The second-order valence-electron chi connectivity index (χ2n) is 13.5. The minimum atomic E-state index is -4.38. The summed E-state index contributed by atoms with van der Waals surface area (Å²) < 4.78 is 32.7. The van der Waals surface area contributed by atoms with Gasteiger partial charge in [0.1, 0.15) is 6.61 Å². The zero-order valence-corrected chi connectivity index (χ0v) is 33.9. The molecule has 0 saturated carbocycles. The van der Waals surface area contributed by atoms with Crippen LogP contribution in [0.25, 0.3) is 0 Å². The number of allylic oxidation sites excluding steroid dienone is 8. The van der Waals surface area contributed by atoms with Crippen LogP contribution in [-0.4, -0.2) is 49.3 Å². The van der Waals surface area contributed by atoms with Crippen LogP contribution < -0.4 is 5.73 Å². The number of rotatable bonds is 38.